The van der Waals surface area contributed by atoms with Crippen LogP contribution in [-0.4, -0.2) is 30.6 Å². The SMILES string of the molecule is CCCN(CC(C)(C)CN)C(=O)Nc1cc(Cl)cc(Cl)c1. The monoisotopic (exact) mass is 331 g/mol. The summed E-state index contributed by atoms with van der Waals surface area (Å²) in [4.78, 5) is 14.2. The molecule has 2 amide bonds. The van der Waals surface area contributed by atoms with Crippen LogP contribution >= 0.6 is 23.2 Å². The van der Waals surface area contributed by atoms with Gasteiger partial charge >= 0.3 is 6.03 Å². The number of amides is 2. The topological polar surface area (TPSA) is 58.4 Å². The minimum atomic E-state index is -0.170. The van der Waals surface area contributed by atoms with Crippen LogP contribution in [0.3, 0.4) is 0 Å². The van der Waals surface area contributed by atoms with Crippen LogP contribution in [0.25, 0.3) is 0 Å². The van der Waals surface area contributed by atoms with Crippen molar-refractivity contribution in [3.05, 3.63) is 28.2 Å². The predicted molar refractivity (Wildman–Crippen MR) is 90.2 cm³/mol. The van der Waals surface area contributed by atoms with Crippen LogP contribution in [0, 0.1) is 5.41 Å². The van der Waals surface area contributed by atoms with Gasteiger partial charge in [0.15, 0.2) is 0 Å². The maximum Gasteiger partial charge on any atom is 0.321 e. The summed E-state index contributed by atoms with van der Waals surface area (Å²) in [6.45, 7) is 7.90. The molecule has 3 N–H and O–H groups in total. The van der Waals surface area contributed by atoms with Crippen molar-refractivity contribution in [1.82, 2.24) is 4.90 Å². The third-order valence-electron chi connectivity index (χ3n) is 3.07. The molecular formula is C15H23Cl2N3O. The number of hydrogen-bond donors (Lipinski definition) is 2. The molecule has 0 aliphatic heterocycles. The normalized spacial score (nSPS) is 11.3. The summed E-state index contributed by atoms with van der Waals surface area (Å²) in [6.07, 6.45) is 0.879. The number of nitrogens with zero attached hydrogens (tertiary/aromatic N) is 1. The van der Waals surface area contributed by atoms with Gasteiger partial charge in [-0.3, -0.25) is 0 Å². The van der Waals surface area contributed by atoms with E-state index in [1.807, 2.05) is 20.8 Å². The van der Waals surface area contributed by atoms with E-state index in [2.05, 4.69) is 5.32 Å². The Kier molecular flexibility index (Phi) is 6.78. The fourth-order valence-corrected chi connectivity index (χ4v) is 2.46. The van der Waals surface area contributed by atoms with Crippen LogP contribution in [0.4, 0.5) is 10.5 Å². The van der Waals surface area contributed by atoms with Crippen LogP contribution in [0.15, 0.2) is 18.2 Å². The maximum atomic E-state index is 12.4. The van der Waals surface area contributed by atoms with Crippen molar-refractivity contribution in [2.45, 2.75) is 27.2 Å². The number of anilines is 1. The van der Waals surface area contributed by atoms with E-state index in [0.29, 0.717) is 35.4 Å². The van der Waals surface area contributed by atoms with E-state index in [1.165, 1.54) is 0 Å². The summed E-state index contributed by atoms with van der Waals surface area (Å²) in [5, 5.41) is 3.81. The number of urea groups is 1. The van der Waals surface area contributed by atoms with Gasteiger partial charge in [0.1, 0.15) is 0 Å². The van der Waals surface area contributed by atoms with Crippen LogP contribution < -0.4 is 11.1 Å². The van der Waals surface area contributed by atoms with Gasteiger partial charge < -0.3 is 16.0 Å². The van der Waals surface area contributed by atoms with Crippen molar-refractivity contribution in [2.24, 2.45) is 11.1 Å². The van der Waals surface area contributed by atoms with Crippen molar-refractivity contribution in [1.29, 1.82) is 0 Å². The summed E-state index contributed by atoms with van der Waals surface area (Å²) in [7, 11) is 0. The summed E-state index contributed by atoms with van der Waals surface area (Å²) in [5.74, 6) is 0. The second-order valence-electron chi connectivity index (χ2n) is 5.88. The molecule has 6 heteroatoms. The molecule has 0 heterocycles. The molecular weight excluding hydrogens is 309 g/mol. The molecule has 1 rings (SSSR count). The molecule has 0 unspecified atom stereocenters. The Hall–Kier alpha value is -0.970. The van der Waals surface area contributed by atoms with Gasteiger partial charge in [-0.25, -0.2) is 4.79 Å². The van der Waals surface area contributed by atoms with Crippen molar-refractivity contribution in [3.63, 3.8) is 0 Å². The van der Waals surface area contributed by atoms with E-state index >= 15 is 0 Å². The number of carbonyl (C=O) groups is 1. The predicted octanol–water partition coefficient (Wildman–Crippen LogP) is 4.22. The highest BCUT2D eigenvalue weighted by atomic mass is 35.5. The smallest absolute Gasteiger partial charge is 0.321 e. The quantitative estimate of drug-likeness (QED) is 0.819. The second-order valence-corrected chi connectivity index (χ2v) is 6.75. The summed E-state index contributed by atoms with van der Waals surface area (Å²) >= 11 is 11.9. The molecule has 1 aromatic rings. The Morgan fingerprint density at radius 2 is 1.86 bits per heavy atom. The minimum Gasteiger partial charge on any atom is -0.330 e. The number of hydrogen-bond acceptors (Lipinski definition) is 2. The standard InChI is InChI=1S/C15H23Cl2N3O/c1-4-5-20(10-15(2,3)9-18)14(21)19-13-7-11(16)6-12(17)8-13/h6-8H,4-5,9-10,18H2,1-3H3,(H,19,21). The minimum absolute atomic E-state index is 0.127. The van der Waals surface area contributed by atoms with Crippen molar-refractivity contribution in [3.8, 4) is 0 Å². The number of carbonyl (C=O) groups excluding carboxylic acids is 1. The Morgan fingerprint density at radius 3 is 2.33 bits per heavy atom. The lowest BCUT2D eigenvalue weighted by Crippen LogP contribution is -2.44. The first-order valence-electron chi connectivity index (χ1n) is 6.99. The lowest BCUT2D eigenvalue weighted by Gasteiger charge is -2.31. The van der Waals surface area contributed by atoms with Crippen molar-refractivity contribution >= 4 is 34.9 Å². The summed E-state index contributed by atoms with van der Waals surface area (Å²) in [5.41, 5.74) is 6.21. The van der Waals surface area contributed by atoms with Gasteiger partial charge in [-0.2, -0.15) is 0 Å². The highest BCUT2D eigenvalue weighted by molar-refractivity contribution is 6.35. The Balaban J connectivity index is 2.81. The van der Waals surface area contributed by atoms with E-state index in [1.54, 1.807) is 23.1 Å². The maximum absolute atomic E-state index is 12.4. The zero-order valence-electron chi connectivity index (χ0n) is 12.7. The highest BCUT2D eigenvalue weighted by Gasteiger charge is 2.23. The molecule has 0 aliphatic carbocycles. The molecule has 0 atom stereocenters. The van der Waals surface area contributed by atoms with E-state index in [-0.39, 0.29) is 11.4 Å². The second kappa shape index (κ2) is 7.87. The zero-order chi connectivity index (χ0) is 16.0. The van der Waals surface area contributed by atoms with Crippen LogP contribution in [0.1, 0.15) is 27.2 Å². The van der Waals surface area contributed by atoms with Gasteiger partial charge in [-0.05, 0) is 36.6 Å². The van der Waals surface area contributed by atoms with Crippen LogP contribution in [-0.2, 0) is 0 Å². The van der Waals surface area contributed by atoms with Gasteiger partial charge in [0.25, 0.3) is 0 Å². The number of halogens is 2. The molecule has 0 aromatic heterocycles. The highest BCUT2D eigenvalue weighted by Crippen LogP contribution is 2.23. The molecule has 0 saturated heterocycles. The van der Waals surface area contributed by atoms with Gasteiger partial charge in [-0.15, -0.1) is 0 Å². The zero-order valence-corrected chi connectivity index (χ0v) is 14.3. The molecule has 1 aromatic carbocycles. The molecule has 21 heavy (non-hydrogen) atoms. The number of nitrogens with two attached hydrogens (primary N) is 1. The molecule has 4 nitrogen and oxygen atoms in total. The number of nitrogens with one attached hydrogen (secondary N) is 1. The number of benzene rings is 1. The molecule has 0 spiro atoms. The molecule has 118 valence electrons. The first kappa shape index (κ1) is 18.1. The first-order chi connectivity index (χ1) is 9.77. The summed E-state index contributed by atoms with van der Waals surface area (Å²) in [6, 6.07) is 4.80. The third kappa shape index (κ3) is 6.12. The molecule has 0 aliphatic rings. The van der Waals surface area contributed by atoms with E-state index in [9.17, 15) is 4.79 Å². The first-order valence-corrected chi connectivity index (χ1v) is 7.75. The van der Waals surface area contributed by atoms with Crippen LogP contribution in [0.5, 0.6) is 0 Å². The fraction of sp³-hybridized carbons (Fsp3) is 0.533. The molecule has 0 saturated carbocycles. The van der Waals surface area contributed by atoms with Gasteiger partial charge in [0.05, 0.1) is 0 Å². The van der Waals surface area contributed by atoms with Gasteiger partial charge in [0, 0.05) is 28.8 Å². The molecule has 0 bridgehead atoms. The average Bonchev–Trinajstić information content (AvgIpc) is 2.36. The van der Waals surface area contributed by atoms with E-state index in [4.69, 9.17) is 28.9 Å². The number of rotatable bonds is 6. The van der Waals surface area contributed by atoms with E-state index in [0.717, 1.165) is 6.42 Å². The lowest BCUT2D eigenvalue weighted by molar-refractivity contribution is 0.181. The largest absolute Gasteiger partial charge is 0.330 e. The molecule has 0 radical (unpaired) electrons. The van der Waals surface area contributed by atoms with Crippen molar-refractivity contribution in [2.75, 3.05) is 25.0 Å². The Labute approximate surface area is 136 Å². The van der Waals surface area contributed by atoms with Crippen LogP contribution in [0.2, 0.25) is 10.0 Å². The van der Waals surface area contributed by atoms with Gasteiger partial charge in [-0.1, -0.05) is 44.0 Å². The fourth-order valence-electron chi connectivity index (χ4n) is 1.93. The lowest BCUT2D eigenvalue weighted by atomic mass is 9.93. The Morgan fingerprint density at radius 1 is 1.29 bits per heavy atom. The third-order valence-corrected chi connectivity index (χ3v) is 3.50. The van der Waals surface area contributed by atoms with Gasteiger partial charge in [0.2, 0.25) is 0 Å². The molecule has 0 fully saturated rings. The van der Waals surface area contributed by atoms with Crippen molar-refractivity contribution < 1.29 is 4.79 Å². The Bertz CT molecular complexity index is 472. The average molecular weight is 332 g/mol. The van der Waals surface area contributed by atoms with E-state index < -0.39 is 0 Å². The summed E-state index contributed by atoms with van der Waals surface area (Å²) < 4.78 is 0.